The van der Waals surface area contributed by atoms with Crippen LogP contribution in [0.1, 0.15) is 26.2 Å². The summed E-state index contributed by atoms with van der Waals surface area (Å²) in [5.41, 5.74) is 5.45. The number of nitrogens with two attached hydrogens (primary N) is 1. The second-order valence-electron chi connectivity index (χ2n) is 4.23. The van der Waals surface area contributed by atoms with E-state index in [2.05, 4.69) is 0 Å². The topological polar surface area (TPSA) is 70.2 Å². The van der Waals surface area contributed by atoms with Crippen LogP contribution in [0.3, 0.4) is 0 Å². The molecule has 0 bridgehead atoms. The van der Waals surface area contributed by atoms with Crippen molar-refractivity contribution in [1.29, 1.82) is 5.41 Å². The Morgan fingerprint density at radius 1 is 1.57 bits per heavy atom. The Balaban J connectivity index is 2.36. The molecule has 0 spiro atoms. The molecule has 0 aromatic rings. The van der Waals surface area contributed by atoms with E-state index in [4.69, 9.17) is 11.1 Å². The number of nitrogens with zero attached hydrogens (tertiary/aromatic N) is 1. The molecule has 0 aromatic heterocycles. The molecule has 4 nitrogen and oxygen atoms in total. The lowest BCUT2D eigenvalue weighted by Crippen LogP contribution is -2.29. The molecule has 0 radical (unpaired) electrons. The molecule has 2 atom stereocenters. The molecule has 14 heavy (non-hydrogen) atoms. The lowest BCUT2D eigenvalue weighted by Gasteiger charge is -2.19. The molecule has 1 saturated carbocycles. The van der Waals surface area contributed by atoms with E-state index >= 15 is 0 Å². The van der Waals surface area contributed by atoms with Crippen LogP contribution in [0.2, 0.25) is 0 Å². The molecular weight excluding hydrogens is 178 g/mol. The fourth-order valence-electron chi connectivity index (χ4n) is 2.04. The third kappa shape index (κ3) is 2.72. The average Bonchev–Trinajstić information content (AvgIpc) is 2.52. The molecule has 1 rings (SSSR count). The lowest BCUT2D eigenvalue weighted by molar-refractivity contribution is -0.128. The van der Waals surface area contributed by atoms with Gasteiger partial charge in [-0.25, -0.2) is 0 Å². The Hall–Kier alpha value is -1.06. The Bertz CT molecular complexity index is 240. The van der Waals surface area contributed by atoms with Gasteiger partial charge in [0.15, 0.2) is 0 Å². The summed E-state index contributed by atoms with van der Waals surface area (Å²) in [4.78, 5) is 12.7. The average molecular weight is 197 g/mol. The minimum absolute atomic E-state index is 0.108. The standard InChI is InChI=1S/C10H19N3O/c1-7(14)13(2)6-8-3-4-9(5-8)10(11)12/h8-9H,3-6H2,1-2H3,(H3,11,12). The van der Waals surface area contributed by atoms with Crippen molar-refractivity contribution in [2.45, 2.75) is 26.2 Å². The highest BCUT2D eigenvalue weighted by Gasteiger charge is 2.27. The van der Waals surface area contributed by atoms with Gasteiger partial charge in [0.25, 0.3) is 0 Å². The van der Waals surface area contributed by atoms with E-state index in [-0.39, 0.29) is 11.8 Å². The first kappa shape index (κ1) is 11.0. The molecule has 3 N–H and O–H groups in total. The fraction of sp³-hybridized carbons (Fsp3) is 0.800. The van der Waals surface area contributed by atoms with Crippen molar-refractivity contribution in [3.05, 3.63) is 0 Å². The van der Waals surface area contributed by atoms with Crippen LogP contribution in [0.25, 0.3) is 0 Å². The zero-order valence-corrected chi connectivity index (χ0v) is 8.92. The van der Waals surface area contributed by atoms with Crippen molar-refractivity contribution < 1.29 is 4.79 Å². The van der Waals surface area contributed by atoms with Crippen LogP contribution >= 0.6 is 0 Å². The van der Waals surface area contributed by atoms with Gasteiger partial charge >= 0.3 is 0 Å². The first-order chi connectivity index (χ1) is 6.50. The quantitative estimate of drug-likeness (QED) is 0.519. The van der Waals surface area contributed by atoms with Crippen molar-refractivity contribution in [3.8, 4) is 0 Å². The fourth-order valence-corrected chi connectivity index (χ4v) is 2.04. The van der Waals surface area contributed by atoms with E-state index < -0.39 is 0 Å². The normalized spacial score (nSPS) is 26.1. The van der Waals surface area contributed by atoms with Gasteiger partial charge in [-0.2, -0.15) is 0 Å². The van der Waals surface area contributed by atoms with Crippen LogP contribution in [-0.4, -0.2) is 30.2 Å². The maximum absolute atomic E-state index is 11.0. The third-order valence-corrected chi connectivity index (χ3v) is 3.05. The minimum atomic E-state index is 0.108. The molecule has 0 saturated heterocycles. The smallest absolute Gasteiger partial charge is 0.219 e. The SMILES string of the molecule is CC(=O)N(C)CC1CCC(C(=N)N)C1. The van der Waals surface area contributed by atoms with Crippen molar-refractivity contribution in [2.24, 2.45) is 17.6 Å². The molecule has 0 aromatic carbocycles. The van der Waals surface area contributed by atoms with Gasteiger partial charge in [0, 0.05) is 26.4 Å². The summed E-state index contributed by atoms with van der Waals surface area (Å²) in [6.45, 7) is 2.39. The molecule has 1 aliphatic rings. The van der Waals surface area contributed by atoms with Crippen LogP contribution in [-0.2, 0) is 4.79 Å². The summed E-state index contributed by atoms with van der Waals surface area (Å²) in [7, 11) is 1.82. The summed E-state index contributed by atoms with van der Waals surface area (Å²) in [6, 6.07) is 0. The summed E-state index contributed by atoms with van der Waals surface area (Å²) < 4.78 is 0. The van der Waals surface area contributed by atoms with E-state index in [0.717, 1.165) is 25.8 Å². The maximum atomic E-state index is 11.0. The summed E-state index contributed by atoms with van der Waals surface area (Å²) in [5.74, 6) is 1.19. The molecule has 1 amide bonds. The molecule has 80 valence electrons. The lowest BCUT2D eigenvalue weighted by atomic mass is 10.0. The van der Waals surface area contributed by atoms with Gasteiger partial charge in [-0.15, -0.1) is 0 Å². The second-order valence-corrected chi connectivity index (χ2v) is 4.23. The molecule has 1 fully saturated rings. The number of carbonyl (C=O) groups excluding carboxylic acids is 1. The predicted octanol–water partition coefficient (Wildman–Crippen LogP) is 0.817. The monoisotopic (exact) mass is 197 g/mol. The summed E-state index contributed by atoms with van der Waals surface area (Å²) in [6.07, 6.45) is 3.06. The molecule has 0 heterocycles. The van der Waals surface area contributed by atoms with Gasteiger partial charge in [-0.05, 0) is 25.2 Å². The van der Waals surface area contributed by atoms with Crippen molar-refractivity contribution >= 4 is 11.7 Å². The molecule has 4 heteroatoms. The Kier molecular flexibility index (Phi) is 3.49. The van der Waals surface area contributed by atoms with Crippen LogP contribution in [0.15, 0.2) is 0 Å². The highest BCUT2D eigenvalue weighted by Crippen LogP contribution is 2.30. The number of rotatable bonds is 3. The Morgan fingerprint density at radius 3 is 2.64 bits per heavy atom. The van der Waals surface area contributed by atoms with Crippen molar-refractivity contribution in [1.82, 2.24) is 4.90 Å². The molecule has 1 aliphatic carbocycles. The van der Waals surface area contributed by atoms with E-state index in [1.54, 1.807) is 11.8 Å². The predicted molar refractivity (Wildman–Crippen MR) is 56.1 cm³/mol. The van der Waals surface area contributed by atoms with E-state index in [1.165, 1.54) is 0 Å². The molecular formula is C10H19N3O. The zero-order chi connectivity index (χ0) is 10.7. The number of hydrogen-bond acceptors (Lipinski definition) is 2. The Labute approximate surface area is 85.0 Å². The van der Waals surface area contributed by atoms with Crippen molar-refractivity contribution in [2.75, 3.05) is 13.6 Å². The zero-order valence-electron chi connectivity index (χ0n) is 8.92. The largest absolute Gasteiger partial charge is 0.387 e. The van der Waals surface area contributed by atoms with Gasteiger partial charge < -0.3 is 10.6 Å². The van der Waals surface area contributed by atoms with Crippen LogP contribution < -0.4 is 5.73 Å². The second kappa shape index (κ2) is 4.44. The first-order valence-corrected chi connectivity index (χ1v) is 5.06. The van der Waals surface area contributed by atoms with Crippen LogP contribution in [0, 0.1) is 17.2 Å². The van der Waals surface area contributed by atoms with Gasteiger partial charge in [0.1, 0.15) is 0 Å². The van der Waals surface area contributed by atoms with Crippen LogP contribution in [0.5, 0.6) is 0 Å². The Morgan fingerprint density at radius 2 is 2.21 bits per heavy atom. The third-order valence-electron chi connectivity index (χ3n) is 3.05. The minimum Gasteiger partial charge on any atom is -0.387 e. The number of nitrogens with one attached hydrogen (secondary N) is 1. The molecule has 0 aliphatic heterocycles. The van der Waals surface area contributed by atoms with E-state index in [1.807, 2.05) is 7.05 Å². The van der Waals surface area contributed by atoms with Gasteiger partial charge in [-0.3, -0.25) is 10.2 Å². The molecule has 2 unspecified atom stereocenters. The first-order valence-electron chi connectivity index (χ1n) is 5.06. The van der Waals surface area contributed by atoms with Crippen LogP contribution in [0.4, 0.5) is 0 Å². The van der Waals surface area contributed by atoms with Gasteiger partial charge in [0.05, 0.1) is 5.84 Å². The highest BCUT2D eigenvalue weighted by molar-refractivity contribution is 5.79. The van der Waals surface area contributed by atoms with Crippen molar-refractivity contribution in [3.63, 3.8) is 0 Å². The summed E-state index contributed by atoms with van der Waals surface area (Å²) in [5, 5.41) is 7.35. The highest BCUT2D eigenvalue weighted by atomic mass is 16.2. The number of carbonyl (C=O) groups is 1. The number of amides is 1. The summed E-state index contributed by atoms with van der Waals surface area (Å²) >= 11 is 0. The number of hydrogen-bond donors (Lipinski definition) is 2. The van der Waals surface area contributed by atoms with E-state index in [0.29, 0.717) is 11.8 Å². The number of amidine groups is 1. The van der Waals surface area contributed by atoms with Gasteiger partial charge in [0.2, 0.25) is 5.91 Å². The maximum Gasteiger partial charge on any atom is 0.219 e. The van der Waals surface area contributed by atoms with Gasteiger partial charge in [-0.1, -0.05) is 0 Å². The van der Waals surface area contributed by atoms with E-state index in [9.17, 15) is 4.79 Å².